The standard InChI is InChI=1S/C15H18O3/c1-4-14(16)15(5-2,6-3)11-7-8-12-13(9-11)18-10-17-12/h1,7-9,14,16H,5-6,10H2,2-3H3. The summed E-state index contributed by atoms with van der Waals surface area (Å²) in [5.41, 5.74) is 0.581. The quantitative estimate of drug-likeness (QED) is 0.829. The second-order valence-electron chi connectivity index (χ2n) is 4.50. The minimum atomic E-state index is -0.798. The molecular formula is C15H18O3. The maximum Gasteiger partial charge on any atom is 0.231 e. The topological polar surface area (TPSA) is 38.7 Å². The van der Waals surface area contributed by atoms with Gasteiger partial charge in [-0.05, 0) is 30.5 Å². The monoisotopic (exact) mass is 246 g/mol. The predicted octanol–water partition coefficient (Wildman–Crippen LogP) is 2.47. The predicted molar refractivity (Wildman–Crippen MR) is 69.7 cm³/mol. The van der Waals surface area contributed by atoms with Crippen LogP contribution in [0.15, 0.2) is 18.2 Å². The van der Waals surface area contributed by atoms with Crippen molar-refractivity contribution in [3.63, 3.8) is 0 Å². The normalized spacial score (nSPS) is 15.2. The van der Waals surface area contributed by atoms with E-state index in [0.717, 1.165) is 29.9 Å². The molecule has 1 unspecified atom stereocenters. The molecule has 0 saturated heterocycles. The number of ether oxygens (including phenoxy) is 2. The lowest BCUT2D eigenvalue weighted by Crippen LogP contribution is -2.37. The molecule has 0 fully saturated rings. The largest absolute Gasteiger partial charge is 0.454 e. The van der Waals surface area contributed by atoms with E-state index in [-0.39, 0.29) is 6.79 Å². The third-order valence-electron chi connectivity index (χ3n) is 3.89. The highest BCUT2D eigenvalue weighted by Gasteiger charge is 2.36. The molecule has 1 N–H and O–H groups in total. The average molecular weight is 246 g/mol. The molecular weight excluding hydrogens is 228 g/mol. The second-order valence-corrected chi connectivity index (χ2v) is 4.50. The van der Waals surface area contributed by atoms with Crippen molar-refractivity contribution in [2.24, 2.45) is 0 Å². The van der Waals surface area contributed by atoms with Crippen LogP contribution in [0.25, 0.3) is 0 Å². The van der Waals surface area contributed by atoms with Crippen molar-refractivity contribution >= 4 is 0 Å². The van der Waals surface area contributed by atoms with Gasteiger partial charge in [0.05, 0.1) is 0 Å². The van der Waals surface area contributed by atoms with Gasteiger partial charge in [-0.1, -0.05) is 25.8 Å². The molecule has 0 radical (unpaired) electrons. The summed E-state index contributed by atoms with van der Waals surface area (Å²) in [6, 6.07) is 5.76. The molecule has 3 nitrogen and oxygen atoms in total. The minimum absolute atomic E-state index is 0.252. The van der Waals surface area contributed by atoms with Crippen LogP contribution >= 0.6 is 0 Å². The van der Waals surface area contributed by atoms with Crippen molar-refractivity contribution in [2.75, 3.05) is 6.79 Å². The average Bonchev–Trinajstić information content (AvgIpc) is 2.88. The molecule has 0 amide bonds. The van der Waals surface area contributed by atoms with Crippen LogP contribution in [-0.2, 0) is 5.41 Å². The molecule has 0 saturated carbocycles. The molecule has 1 heterocycles. The Kier molecular flexibility index (Phi) is 3.49. The number of aliphatic hydroxyl groups is 1. The van der Waals surface area contributed by atoms with Gasteiger partial charge in [0.25, 0.3) is 0 Å². The molecule has 2 rings (SSSR count). The van der Waals surface area contributed by atoms with Gasteiger partial charge in [0, 0.05) is 5.41 Å². The SMILES string of the molecule is C#CC(O)C(CC)(CC)c1ccc2c(c1)OCO2. The summed E-state index contributed by atoms with van der Waals surface area (Å²) < 4.78 is 10.7. The molecule has 1 aromatic rings. The van der Waals surface area contributed by atoms with Gasteiger partial charge in [0.1, 0.15) is 6.10 Å². The first-order chi connectivity index (χ1) is 8.67. The van der Waals surface area contributed by atoms with Gasteiger partial charge in [-0.2, -0.15) is 0 Å². The third kappa shape index (κ3) is 1.83. The van der Waals surface area contributed by atoms with Crippen LogP contribution in [0.3, 0.4) is 0 Å². The van der Waals surface area contributed by atoms with E-state index in [0.29, 0.717) is 0 Å². The van der Waals surface area contributed by atoms with Gasteiger partial charge in [-0.25, -0.2) is 0 Å². The highest BCUT2D eigenvalue weighted by molar-refractivity contribution is 5.47. The summed E-state index contributed by atoms with van der Waals surface area (Å²) in [6.07, 6.45) is 6.15. The number of hydrogen-bond acceptors (Lipinski definition) is 3. The Hall–Kier alpha value is -1.66. The van der Waals surface area contributed by atoms with Crippen molar-refractivity contribution < 1.29 is 14.6 Å². The van der Waals surface area contributed by atoms with Crippen molar-refractivity contribution in [3.8, 4) is 23.8 Å². The van der Waals surface area contributed by atoms with Crippen LogP contribution < -0.4 is 9.47 Å². The van der Waals surface area contributed by atoms with Gasteiger partial charge >= 0.3 is 0 Å². The zero-order chi connectivity index (χ0) is 13.2. The summed E-state index contributed by atoms with van der Waals surface area (Å²) in [5.74, 6) is 3.93. The lowest BCUT2D eigenvalue weighted by atomic mass is 9.71. The molecule has 0 spiro atoms. The third-order valence-corrected chi connectivity index (χ3v) is 3.89. The molecule has 1 atom stereocenters. The summed E-state index contributed by atoms with van der Waals surface area (Å²) in [4.78, 5) is 0. The number of rotatable bonds is 4. The maximum absolute atomic E-state index is 10.2. The van der Waals surface area contributed by atoms with E-state index < -0.39 is 11.5 Å². The Morgan fingerprint density at radius 3 is 2.61 bits per heavy atom. The summed E-state index contributed by atoms with van der Waals surface area (Å²) in [6.45, 7) is 4.32. The summed E-state index contributed by atoms with van der Waals surface area (Å²) in [7, 11) is 0. The van der Waals surface area contributed by atoms with Gasteiger partial charge in [-0.15, -0.1) is 6.42 Å². The van der Waals surface area contributed by atoms with Crippen LogP contribution in [0.2, 0.25) is 0 Å². The van der Waals surface area contributed by atoms with Crippen molar-refractivity contribution in [2.45, 2.75) is 38.2 Å². The highest BCUT2D eigenvalue weighted by Crippen LogP contribution is 2.41. The fourth-order valence-electron chi connectivity index (χ4n) is 2.57. The molecule has 0 bridgehead atoms. The Morgan fingerprint density at radius 1 is 1.33 bits per heavy atom. The Bertz CT molecular complexity index is 469. The summed E-state index contributed by atoms with van der Waals surface area (Å²) >= 11 is 0. The van der Waals surface area contributed by atoms with Crippen molar-refractivity contribution in [1.82, 2.24) is 0 Å². The molecule has 0 aliphatic carbocycles. The number of terminal acetylenes is 1. The fourth-order valence-corrected chi connectivity index (χ4v) is 2.57. The number of hydrogen-bond donors (Lipinski definition) is 1. The first kappa shape index (κ1) is 12.8. The number of fused-ring (bicyclic) bond motifs is 1. The molecule has 18 heavy (non-hydrogen) atoms. The molecule has 3 heteroatoms. The Balaban J connectivity index is 2.46. The molecule has 0 aromatic heterocycles. The Labute approximate surface area is 108 Å². The van der Waals surface area contributed by atoms with Crippen molar-refractivity contribution in [3.05, 3.63) is 23.8 Å². The van der Waals surface area contributed by atoms with Crippen LogP contribution in [0.4, 0.5) is 0 Å². The smallest absolute Gasteiger partial charge is 0.231 e. The molecule has 1 aliphatic heterocycles. The second kappa shape index (κ2) is 4.91. The van der Waals surface area contributed by atoms with E-state index in [1.165, 1.54) is 0 Å². The first-order valence-corrected chi connectivity index (χ1v) is 6.22. The van der Waals surface area contributed by atoms with Gasteiger partial charge in [-0.3, -0.25) is 0 Å². The van der Waals surface area contributed by atoms with Crippen LogP contribution in [0.5, 0.6) is 11.5 Å². The summed E-state index contributed by atoms with van der Waals surface area (Å²) in [5, 5.41) is 10.2. The Morgan fingerprint density at radius 2 is 2.00 bits per heavy atom. The van der Waals surface area contributed by atoms with Crippen LogP contribution in [-0.4, -0.2) is 18.0 Å². The van der Waals surface area contributed by atoms with Crippen LogP contribution in [0, 0.1) is 12.3 Å². The highest BCUT2D eigenvalue weighted by atomic mass is 16.7. The number of benzene rings is 1. The van der Waals surface area contributed by atoms with E-state index in [9.17, 15) is 5.11 Å². The molecule has 1 aliphatic rings. The van der Waals surface area contributed by atoms with E-state index in [2.05, 4.69) is 5.92 Å². The van der Waals surface area contributed by atoms with E-state index >= 15 is 0 Å². The lowest BCUT2D eigenvalue weighted by Gasteiger charge is -2.34. The van der Waals surface area contributed by atoms with Gasteiger partial charge in [0.2, 0.25) is 6.79 Å². The zero-order valence-electron chi connectivity index (χ0n) is 10.8. The lowest BCUT2D eigenvalue weighted by molar-refractivity contribution is 0.122. The molecule has 1 aromatic carbocycles. The van der Waals surface area contributed by atoms with Crippen molar-refractivity contribution in [1.29, 1.82) is 0 Å². The van der Waals surface area contributed by atoms with Gasteiger partial charge in [0.15, 0.2) is 11.5 Å². The van der Waals surface area contributed by atoms with E-state index in [1.54, 1.807) is 0 Å². The number of aliphatic hydroxyl groups excluding tert-OH is 1. The van der Waals surface area contributed by atoms with E-state index in [4.69, 9.17) is 15.9 Å². The van der Waals surface area contributed by atoms with Crippen LogP contribution in [0.1, 0.15) is 32.3 Å². The fraction of sp³-hybridized carbons (Fsp3) is 0.467. The first-order valence-electron chi connectivity index (χ1n) is 6.22. The maximum atomic E-state index is 10.2. The van der Waals surface area contributed by atoms with E-state index in [1.807, 2.05) is 32.0 Å². The molecule has 96 valence electrons. The zero-order valence-corrected chi connectivity index (χ0v) is 10.8. The van der Waals surface area contributed by atoms with Gasteiger partial charge < -0.3 is 14.6 Å². The minimum Gasteiger partial charge on any atom is -0.454 e.